The molecule has 1 aliphatic heterocycles. The zero-order valence-corrected chi connectivity index (χ0v) is 17.4. The summed E-state index contributed by atoms with van der Waals surface area (Å²) < 4.78 is 16.4. The van der Waals surface area contributed by atoms with Gasteiger partial charge in [0.15, 0.2) is 17.3 Å². The van der Waals surface area contributed by atoms with Crippen LogP contribution in [0, 0.1) is 0 Å². The van der Waals surface area contributed by atoms with E-state index in [1.807, 2.05) is 43.3 Å². The highest BCUT2D eigenvalue weighted by Gasteiger charge is 2.14. The third-order valence-electron chi connectivity index (χ3n) is 5.07. The zero-order valence-electron chi connectivity index (χ0n) is 17.4. The fourth-order valence-corrected chi connectivity index (χ4v) is 3.54. The van der Waals surface area contributed by atoms with Crippen LogP contribution in [0.1, 0.15) is 42.1 Å². The number of ketones is 1. The standard InChI is InChI=1S/C24H29NO4/c1-4-29-24-22(27-2)16-18(17-23(24)28-3)8-13-21(26)19-9-11-20(12-10-19)25-14-6-5-7-15-25/h8-13,16-17H,4-7,14-15H2,1-3H3/b13-8+. The highest BCUT2D eigenvalue weighted by molar-refractivity contribution is 6.07. The summed E-state index contributed by atoms with van der Waals surface area (Å²) in [6.07, 6.45) is 7.11. The van der Waals surface area contributed by atoms with Crippen molar-refractivity contribution in [3.63, 3.8) is 0 Å². The molecule has 5 heteroatoms. The van der Waals surface area contributed by atoms with Gasteiger partial charge < -0.3 is 19.1 Å². The lowest BCUT2D eigenvalue weighted by atomic mass is 10.1. The number of ether oxygens (including phenoxy) is 3. The average molecular weight is 395 g/mol. The minimum Gasteiger partial charge on any atom is -0.493 e. The molecule has 0 atom stereocenters. The Balaban J connectivity index is 1.74. The van der Waals surface area contributed by atoms with E-state index in [9.17, 15) is 4.79 Å². The molecule has 0 N–H and O–H groups in total. The van der Waals surface area contributed by atoms with E-state index >= 15 is 0 Å². The van der Waals surface area contributed by atoms with Crippen molar-refractivity contribution >= 4 is 17.5 Å². The molecule has 1 heterocycles. The van der Waals surface area contributed by atoms with Crippen molar-refractivity contribution in [3.05, 3.63) is 53.6 Å². The van der Waals surface area contributed by atoms with Gasteiger partial charge in [0.1, 0.15) is 0 Å². The largest absolute Gasteiger partial charge is 0.493 e. The first-order valence-electron chi connectivity index (χ1n) is 10.1. The zero-order chi connectivity index (χ0) is 20.6. The predicted molar refractivity (Wildman–Crippen MR) is 117 cm³/mol. The lowest BCUT2D eigenvalue weighted by molar-refractivity contribution is 0.104. The molecular weight excluding hydrogens is 366 g/mol. The Morgan fingerprint density at radius 1 is 1.00 bits per heavy atom. The summed E-state index contributed by atoms with van der Waals surface area (Å²) in [5, 5.41) is 0. The molecule has 0 amide bonds. The van der Waals surface area contributed by atoms with Crippen molar-refractivity contribution in [3.8, 4) is 17.2 Å². The highest BCUT2D eigenvalue weighted by Crippen LogP contribution is 2.38. The molecule has 2 aromatic rings. The number of allylic oxidation sites excluding steroid dienone is 1. The Morgan fingerprint density at radius 2 is 1.62 bits per heavy atom. The summed E-state index contributed by atoms with van der Waals surface area (Å²) >= 11 is 0. The molecule has 3 rings (SSSR count). The van der Waals surface area contributed by atoms with Crippen molar-refractivity contribution in [1.82, 2.24) is 0 Å². The van der Waals surface area contributed by atoms with Crippen LogP contribution in [0.15, 0.2) is 42.5 Å². The molecule has 0 spiro atoms. The first-order chi connectivity index (χ1) is 14.2. The van der Waals surface area contributed by atoms with Crippen LogP contribution in [0.4, 0.5) is 5.69 Å². The molecule has 0 aromatic heterocycles. The van der Waals surface area contributed by atoms with Gasteiger partial charge in [-0.3, -0.25) is 4.79 Å². The lowest BCUT2D eigenvalue weighted by Gasteiger charge is -2.28. The second kappa shape index (κ2) is 10.0. The van der Waals surface area contributed by atoms with Crippen LogP contribution in [0.3, 0.4) is 0 Å². The van der Waals surface area contributed by atoms with Crippen molar-refractivity contribution < 1.29 is 19.0 Å². The maximum absolute atomic E-state index is 12.6. The number of carbonyl (C=O) groups excluding carboxylic acids is 1. The van der Waals surface area contributed by atoms with Crippen LogP contribution < -0.4 is 19.1 Å². The Kier molecular flexibility index (Phi) is 7.17. The number of benzene rings is 2. The topological polar surface area (TPSA) is 48.0 Å². The minimum atomic E-state index is -0.0398. The fraction of sp³-hybridized carbons (Fsp3) is 0.375. The first kappa shape index (κ1) is 20.8. The lowest BCUT2D eigenvalue weighted by Crippen LogP contribution is -2.29. The van der Waals surface area contributed by atoms with Gasteiger partial charge in [0.2, 0.25) is 5.75 Å². The SMILES string of the molecule is CCOc1c(OC)cc(/C=C/C(=O)c2ccc(N3CCCCC3)cc2)cc1OC. The van der Waals surface area contributed by atoms with Gasteiger partial charge in [0, 0.05) is 24.3 Å². The highest BCUT2D eigenvalue weighted by atomic mass is 16.5. The van der Waals surface area contributed by atoms with Crippen LogP contribution in [-0.4, -0.2) is 39.7 Å². The summed E-state index contributed by atoms with van der Waals surface area (Å²) in [5.41, 5.74) is 2.67. The van der Waals surface area contributed by atoms with E-state index in [2.05, 4.69) is 4.90 Å². The van der Waals surface area contributed by atoms with E-state index < -0.39 is 0 Å². The minimum absolute atomic E-state index is 0.0398. The normalized spacial score (nSPS) is 14.1. The number of nitrogens with zero attached hydrogens (tertiary/aromatic N) is 1. The van der Waals surface area contributed by atoms with Gasteiger partial charge in [-0.25, -0.2) is 0 Å². The molecule has 1 aliphatic rings. The maximum atomic E-state index is 12.6. The van der Waals surface area contributed by atoms with Gasteiger partial charge in [-0.1, -0.05) is 6.08 Å². The number of anilines is 1. The second-order valence-electron chi connectivity index (χ2n) is 6.98. The maximum Gasteiger partial charge on any atom is 0.203 e. The average Bonchev–Trinajstić information content (AvgIpc) is 2.78. The molecule has 1 fully saturated rings. The number of carbonyl (C=O) groups is 1. The predicted octanol–water partition coefficient (Wildman–Crippen LogP) is 4.99. The molecule has 5 nitrogen and oxygen atoms in total. The number of rotatable bonds is 8. The van der Waals surface area contributed by atoms with Crippen LogP contribution >= 0.6 is 0 Å². The Labute approximate surface area is 172 Å². The van der Waals surface area contributed by atoms with Gasteiger partial charge in [-0.15, -0.1) is 0 Å². The molecular formula is C24H29NO4. The number of hydrogen-bond donors (Lipinski definition) is 0. The Hall–Kier alpha value is -2.95. The molecule has 0 saturated carbocycles. The van der Waals surface area contributed by atoms with Gasteiger partial charge in [0.05, 0.1) is 20.8 Å². The molecule has 1 saturated heterocycles. The molecule has 0 unspecified atom stereocenters. The van der Waals surface area contributed by atoms with E-state index in [0.717, 1.165) is 18.7 Å². The second-order valence-corrected chi connectivity index (χ2v) is 6.98. The molecule has 29 heavy (non-hydrogen) atoms. The van der Waals surface area contributed by atoms with Crippen LogP contribution in [-0.2, 0) is 0 Å². The van der Waals surface area contributed by atoms with E-state index in [1.165, 1.54) is 24.9 Å². The summed E-state index contributed by atoms with van der Waals surface area (Å²) in [7, 11) is 3.17. The molecule has 0 bridgehead atoms. The number of hydrogen-bond acceptors (Lipinski definition) is 5. The van der Waals surface area contributed by atoms with Crippen molar-refractivity contribution in [2.24, 2.45) is 0 Å². The summed E-state index contributed by atoms with van der Waals surface area (Å²) in [6.45, 7) is 4.60. The molecule has 0 aliphatic carbocycles. The molecule has 0 radical (unpaired) electrons. The smallest absolute Gasteiger partial charge is 0.203 e. The van der Waals surface area contributed by atoms with E-state index in [4.69, 9.17) is 14.2 Å². The quantitative estimate of drug-likeness (QED) is 0.466. The van der Waals surface area contributed by atoms with E-state index in [0.29, 0.717) is 29.4 Å². The van der Waals surface area contributed by atoms with Gasteiger partial charge >= 0.3 is 0 Å². The third kappa shape index (κ3) is 5.11. The van der Waals surface area contributed by atoms with E-state index in [1.54, 1.807) is 26.4 Å². The summed E-state index contributed by atoms with van der Waals surface area (Å²) in [6, 6.07) is 11.5. The van der Waals surface area contributed by atoms with Crippen LogP contribution in [0.2, 0.25) is 0 Å². The van der Waals surface area contributed by atoms with Crippen LogP contribution in [0.5, 0.6) is 17.2 Å². The van der Waals surface area contributed by atoms with Crippen molar-refractivity contribution in [1.29, 1.82) is 0 Å². The van der Waals surface area contributed by atoms with Crippen molar-refractivity contribution in [2.45, 2.75) is 26.2 Å². The molecule has 2 aromatic carbocycles. The Bertz CT molecular complexity index is 827. The van der Waals surface area contributed by atoms with Gasteiger partial charge in [-0.05, 0) is 74.2 Å². The third-order valence-corrected chi connectivity index (χ3v) is 5.07. The van der Waals surface area contributed by atoms with Crippen LogP contribution in [0.25, 0.3) is 6.08 Å². The Morgan fingerprint density at radius 3 is 2.17 bits per heavy atom. The monoisotopic (exact) mass is 395 g/mol. The van der Waals surface area contributed by atoms with Crippen molar-refractivity contribution in [2.75, 3.05) is 38.8 Å². The first-order valence-corrected chi connectivity index (χ1v) is 10.1. The summed E-state index contributed by atoms with van der Waals surface area (Å²) in [5.74, 6) is 1.67. The van der Waals surface area contributed by atoms with Gasteiger partial charge in [-0.2, -0.15) is 0 Å². The van der Waals surface area contributed by atoms with Gasteiger partial charge in [0.25, 0.3) is 0 Å². The van der Waals surface area contributed by atoms with E-state index in [-0.39, 0.29) is 5.78 Å². The molecule has 154 valence electrons. The fourth-order valence-electron chi connectivity index (χ4n) is 3.54. The number of methoxy groups -OCH3 is 2. The number of piperidine rings is 1. The summed E-state index contributed by atoms with van der Waals surface area (Å²) in [4.78, 5) is 15.0.